The van der Waals surface area contributed by atoms with E-state index in [9.17, 15) is 14.9 Å². The Labute approximate surface area is 125 Å². The van der Waals surface area contributed by atoms with Crippen LogP contribution in [0.25, 0.3) is 0 Å². The van der Waals surface area contributed by atoms with E-state index in [-0.39, 0.29) is 28.8 Å². The van der Waals surface area contributed by atoms with Gasteiger partial charge in [0.25, 0.3) is 0 Å². The van der Waals surface area contributed by atoms with E-state index in [1.165, 1.54) is 17.3 Å². The lowest BCUT2D eigenvalue weighted by Gasteiger charge is -2.29. The van der Waals surface area contributed by atoms with Crippen molar-refractivity contribution >= 4 is 27.7 Å². The molecular formula is C12H17BrN4O3. The summed E-state index contributed by atoms with van der Waals surface area (Å²) in [6.45, 7) is 2.13. The Bertz CT molecular complexity index is 517. The first-order chi connectivity index (χ1) is 9.47. The Morgan fingerprint density at radius 2 is 2.30 bits per heavy atom. The van der Waals surface area contributed by atoms with E-state index in [4.69, 9.17) is 0 Å². The Balaban J connectivity index is 1.94. The van der Waals surface area contributed by atoms with Crippen LogP contribution in [-0.4, -0.2) is 26.7 Å². The summed E-state index contributed by atoms with van der Waals surface area (Å²) in [5.74, 6) is 0.0453. The fraction of sp³-hybridized carbons (Fsp3) is 0.667. The molecule has 2 atom stereocenters. The summed E-state index contributed by atoms with van der Waals surface area (Å²) in [6, 6.07) is 0.199. The number of carbonyl (C=O) groups excluding carboxylic acids is 1. The molecule has 0 unspecified atom stereocenters. The van der Waals surface area contributed by atoms with Gasteiger partial charge in [-0.2, -0.15) is 4.68 Å². The van der Waals surface area contributed by atoms with Gasteiger partial charge >= 0.3 is 5.82 Å². The van der Waals surface area contributed by atoms with Crippen molar-refractivity contribution < 1.29 is 9.72 Å². The van der Waals surface area contributed by atoms with Gasteiger partial charge in [-0.05, 0) is 39.6 Å². The highest BCUT2D eigenvalue weighted by Gasteiger charge is 2.24. The zero-order chi connectivity index (χ0) is 14.7. The standard InChI is InChI=1S/C12H17BrN4O3/c1-8-4-2-3-5-10(8)14-11(18)7-16-6-9(13)12(15-16)17(19)20/h6,8,10H,2-5,7H2,1H3,(H,14,18)/t8-,10-/m0/s1. The molecule has 7 nitrogen and oxygen atoms in total. The molecule has 1 fully saturated rings. The van der Waals surface area contributed by atoms with E-state index >= 15 is 0 Å². The van der Waals surface area contributed by atoms with Crippen LogP contribution in [0.4, 0.5) is 5.82 Å². The van der Waals surface area contributed by atoms with Crippen LogP contribution >= 0.6 is 15.9 Å². The van der Waals surface area contributed by atoms with Crippen LogP contribution in [0.15, 0.2) is 10.7 Å². The van der Waals surface area contributed by atoms with Gasteiger partial charge in [-0.25, -0.2) is 0 Å². The average molecular weight is 345 g/mol. The van der Waals surface area contributed by atoms with E-state index in [0.717, 1.165) is 19.3 Å². The Kier molecular flexibility index (Phi) is 4.74. The molecule has 1 amide bonds. The molecule has 0 aliphatic heterocycles. The molecule has 1 aliphatic carbocycles. The molecule has 0 aromatic carbocycles. The van der Waals surface area contributed by atoms with Gasteiger partial charge in [0.15, 0.2) is 0 Å². The summed E-state index contributed by atoms with van der Waals surface area (Å²) >= 11 is 3.06. The number of hydrogen-bond acceptors (Lipinski definition) is 4. The minimum absolute atomic E-state index is 0.00431. The maximum absolute atomic E-state index is 12.0. The molecule has 2 rings (SSSR count). The molecule has 1 saturated carbocycles. The van der Waals surface area contributed by atoms with Crippen molar-refractivity contribution in [1.82, 2.24) is 15.1 Å². The maximum atomic E-state index is 12.0. The SMILES string of the molecule is C[C@H]1CCCC[C@@H]1NC(=O)Cn1cc(Br)c([N+](=O)[O-])n1. The van der Waals surface area contributed by atoms with Crippen LogP contribution in [0.1, 0.15) is 32.6 Å². The third-order valence-electron chi connectivity index (χ3n) is 3.64. The first-order valence-corrected chi connectivity index (χ1v) is 7.43. The predicted molar refractivity (Wildman–Crippen MR) is 76.1 cm³/mol. The lowest BCUT2D eigenvalue weighted by molar-refractivity contribution is -0.390. The fourth-order valence-corrected chi connectivity index (χ4v) is 2.98. The Morgan fingerprint density at radius 3 is 2.90 bits per heavy atom. The van der Waals surface area contributed by atoms with Crippen molar-refractivity contribution in [1.29, 1.82) is 0 Å². The molecule has 0 saturated heterocycles. The quantitative estimate of drug-likeness (QED) is 0.669. The Hall–Kier alpha value is -1.44. The topological polar surface area (TPSA) is 90.1 Å². The highest BCUT2D eigenvalue weighted by atomic mass is 79.9. The first kappa shape index (κ1) is 15.0. The van der Waals surface area contributed by atoms with Crippen molar-refractivity contribution in [3.63, 3.8) is 0 Å². The summed E-state index contributed by atoms with van der Waals surface area (Å²) in [6.07, 6.45) is 5.92. The minimum Gasteiger partial charge on any atom is -0.358 e. The van der Waals surface area contributed by atoms with Gasteiger partial charge in [-0.3, -0.25) is 4.79 Å². The zero-order valence-electron chi connectivity index (χ0n) is 11.2. The summed E-state index contributed by atoms with van der Waals surface area (Å²) in [5, 5.41) is 17.4. The van der Waals surface area contributed by atoms with Gasteiger partial charge in [0.2, 0.25) is 5.91 Å². The minimum atomic E-state index is -0.582. The number of nitro groups is 1. The van der Waals surface area contributed by atoms with Crippen molar-refractivity contribution in [2.45, 2.75) is 45.2 Å². The highest BCUT2D eigenvalue weighted by molar-refractivity contribution is 9.10. The first-order valence-electron chi connectivity index (χ1n) is 6.64. The smallest absolute Gasteiger partial charge is 0.358 e. The molecule has 0 radical (unpaired) electrons. The van der Waals surface area contributed by atoms with Crippen molar-refractivity contribution in [2.24, 2.45) is 5.92 Å². The number of hydrogen-bond donors (Lipinski definition) is 1. The fourth-order valence-electron chi connectivity index (χ4n) is 2.52. The van der Waals surface area contributed by atoms with Crippen molar-refractivity contribution in [3.05, 3.63) is 20.8 Å². The van der Waals surface area contributed by atoms with Gasteiger partial charge in [0, 0.05) is 6.04 Å². The lowest BCUT2D eigenvalue weighted by Crippen LogP contribution is -2.42. The number of carbonyl (C=O) groups is 1. The number of nitrogens with zero attached hydrogens (tertiary/aromatic N) is 3. The van der Waals surface area contributed by atoms with Crippen LogP contribution in [0.2, 0.25) is 0 Å². The number of aromatic nitrogens is 2. The predicted octanol–water partition coefficient (Wildman–Crippen LogP) is 2.25. The van der Waals surface area contributed by atoms with Crippen LogP contribution in [-0.2, 0) is 11.3 Å². The molecular weight excluding hydrogens is 328 g/mol. The van der Waals surface area contributed by atoms with Crippen molar-refractivity contribution in [2.75, 3.05) is 0 Å². The zero-order valence-corrected chi connectivity index (χ0v) is 12.8. The molecule has 1 aromatic rings. The maximum Gasteiger partial charge on any atom is 0.404 e. The number of amides is 1. The number of halogens is 1. The van der Waals surface area contributed by atoms with E-state index in [2.05, 4.69) is 33.3 Å². The van der Waals surface area contributed by atoms with E-state index in [1.807, 2.05) is 0 Å². The van der Waals surface area contributed by atoms with Gasteiger partial charge in [-0.15, -0.1) is 0 Å². The van der Waals surface area contributed by atoms with E-state index in [1.54, 1.807) is 0 Å². The van der Waals surface area contributed by atoms with E-state index in [0.29, 0.717) is 5.92 Å². The molecule has 1 heterocycles. The van der Waals surface area contributed by atoms with E-state index < -0.39 is 4.92 Å². The van der Waals surface area contributed by atoms with Crippen molar-refractivity contribution in [3.8, 4) is 0 Å². The van der Waals surface area contributed by atoms with Gasteiger partial charge in [0.05, 0.1) is 11.3 Å². The normalized spacial score (nSPS) is 22.5. The molecule has 110 valence electrons. The second kappa shape index (κ2) is 6.34. The summed E-state index contributed by atoms with van der Waals surface area (Å²) in [5.41, 5.74) is 0. The third kappa shape index (κ3) is 3.56. The number of rotatable bonds is 4. The molecule has 20 heavy (non-hydrogen) atoms. The lowest BCUT2D eigenvalue weighted by atomic mass is 9.86. The molecule has 1 aliphatic rings. The van der Waals surface area contributed by atoms with Gasteiger partial charge in [-0.1, -0.05) is 19.8 Å². The molecule has 0 bridgehead atoms. The van der Waals surface area contributed by atoms with Crippen LogP contribution in [0, 0.1) is 16.0 Å². The molecule has 0 spiro atoms. The van der Waals surface area contributed by atoms with Crippen LogP contribution in [0.3, 0.4) is 0 Å². The number of nitrogens with one attached hydrogen (secondary N) is 1. The van der Waals surface area contributed by atoms with Crippen LogP contribution < -0.4 is 5.32 Å². The largest absolute Gasteiger partial charge is 0.404 e. The molecule has 1 N–H and O–H groups in total. The average Bonchev–Trinajstić information content (AvgIpc) is 2.73. The van der Waals surface area contributed by atoms with Gasteiger partial charge in [0.1, 0.15) is 11.0 Å². The molecule has 8 heteroatoms. The third-order valence-corrected chi connectivity index (χ3v) is 4.19. The monoisotopic (exact) mass is 344 g/mol. The summed E-state index contributed by atoms with van der Waals surface area (Å²) < 4.78 is 1.56. The summed E-state index contributed by atoms with van der Waals surface area (Å²) in [7, 11) is 0. The Morgan fingerprint density at radius 1 is 1.60 bits per heavy atom. The highest BCUT2D eigenvalue weighted by Crippen LogP contribution is 2.24. The van der Waals surface area contributed by atoms with Gasteiger partial charge < -0.3 is 15.4 Å². The molecule has 1 aromatic heterocycles. The second-order valence-corrected chi connectivity index (χ2v) is 6.05. The second-order valence-electron chi connectivity index (χ2n) is 5.19. The van der Waals surface area contributed by atoms with Crippen LogP contribution in [0.5, 0.6) is 0 Å². The summed E-state index contributed by atoms with van der Waals surface area (Å²) in [4.78, 5) is 22.1.